The predicted molar refractivity (Wildman–Crippen MR) is 66.6 cm³/mol. The molecule has 0 bridgehead atoms. The van der Waals surface area contributed by atoms with Gasteiger partial charge in [0.15, 0.2) is 0 Å². The van der Waals surface area contributed by atoms with Crippen molar-refractivity contribution in [3.63, 3.8) is 0 Å². The molecule has 1 rings (SSSR count). The number of nitrogens with two attached hydrogens (primary N) is 1. The van der Waals surface area contributed by atoms with Crippen LogP contribution >= 0.6 is 0 Å². The van der Waals surface area contributed by atoms with Crippen molar-refractivity contribution in [1.29, 1.82) is 5.41 Å². The predicted octanol–water partition coefficient (Wildman–Crippen LogP) is 1.11. The third-order valence-electron chi connectivity index (χ3n) is 3.35. The molecule has 1 fully saturated rings. The van der Waals surface area contributed by atoms with Crippen LogP contribution in [0.1, 0.15) is 33.1 Å². The number of nitrogens with one attached hydrogen (secondary N) is 1. The Morgan fingerprint density at radius 1 is 1.38 bits per heavy atom. The molecule has 1 aliphatic heterocycles. The van der Waals surface area contributed by atoms with Gasteiger partial charge in [-0.2, -0.15) is 0 Å². The fourth-order valence-electron chi connectivity index (χ4n) is 2.11. The Morgan fingerprint density at radius 2 is 1.88 bits per heavy atom. The van der Waals surface area contributed by atoms with E-state index in [1.807, 2.05) is 0 Å². The standard InChI is InChI=1S/C12H23N3O/c1-9(13)11(10(2)14)8-12(16)4-6-15(3)7-5-12/h13,16H,4-8,14H2,1-3H3/b11-10-,13-9?. The van der Waals surface area contributed by atoms with Gasteiger partial charge in [0.05, 0.1) is 5.60 Å². The number of allylic oxidation sites excluding steroid dienone is 1. The third kappa shape index (κ3) is 3.32. The molecule has 16 heavy (non-hydrogen) atoms. The molecule has 0 aliphatic carbocycles. The summed E-state index contributed by atoms with van der Waals surface area (Å²) in [4.78, 5) is 2.21. The second-order valence-electron chi connectivity index (χ2n) is 4.99. The molecule has 0 radical (unpaired) electrons. The van der Waals surface area contributed by atoms with Crippen LogP contribution in [0.25, 0.3) is 0 Å². The van der Waals surface area contributed by atoms with E-state index in [0.717, 1.165) is 31.5 Å². The number of aliphatic hydroxyl groups is 1. The van der Waals surface area contributed by atoms with Crippen molar-refractivity contribution >= 4 is 5.71 Å². The molecule has 1 heterocycles. The summed E-state index contributed by atoms with van der Waals surface area (Å²) < 4.78 is 0. The lowest BCUT2D eigenvalue weighted by atomic mass is 9.83. The van der Waals surface area contributed by atoms with Gasteiger partial charge in [-0.05, 0) is 39.3 Å². The summed E-state index contributed by atoms with van der Waals surface area (Å²) >= 11 is 0. The lowest BCUT2D eigenvalue weighted by molar-refractivity contribution is -0.0141. The van der Waals surface area contributed by atoms with E-state index in [0.29, 0.717) is 17.8 Å². The van der Waals surface area contributed by atoms with Gasteiger partial charge in [0, 0.05) is 30.9 Å². The summed E-state index contributed by atoms with van der Waals surface area (Å²) in [6.45, 7) is 5.34. The van der Waals surface area contributed by atoms with Gasteiger partial charge in [-0.25, -0.2) is 0 Å². The van der Waals surface area contributed by atoms with Gasteiger partial charge in [0.25, 0.3) is 0 Å². The van der Waals surface area contributed by atoms with E-state index < -0.39 is 5.60 Å². The highest BCUT2D eigenvalue weighted by atomic mass is 16.3. The average Bonchev–Trinajstić information content (AvgIpc) is 2.19. The molecule has 1 saturated heterocycles. The molecule has 1 aliphatic rings. The molecule has 0 amide bonds. The molecule has 4 nitrogen and oxygen atoms in total. The summed E-state index contributed by atoms with van der Waals surface area (Å²) in [5.74, 6) is 0. The lowest BCUT2D eigenvalue weighted by Crippen LogP contribution is -2.43. The monoisotopic (exact) mass is 225 g/mol. The molecule has 0 atom stereocenters. The molecule has 92 valence electrons. The third-order valence-corrected chi connectivity index (χ3v) is 3.35. The van der Waals surface area contributed by atoms with Crippen molar-refractivity contribution in [1.82, 2.24) is 4.90 Å². The maximum atomic E-state index is 10.4. The lowest BCUT2D eigenvalue weighted by Gasteiger charge is -2.37. The molecular weight excluding hydrogens is 202 g/mol. The Bertz CT molecular complexity index is 297. The summed E-state index contributed by atoms with van der Waals surface area (Å²) in [5, 5.41) is 18.1. The topological polar surface area (TPSA) is 73.3 Å². The van der Waals surface area contributed by atoms with Gasteiger partial charge in [0.2, 0.25) is 0 Å². The quantitative estimate of drug-likeness (QED) is 0.630. The zero-order chi connectivity index (χ0) is 12.3. The fraction of sp³-hybridized carbons (Fsp3) is 0.750. The first kappa shape index (κ1) is 13.2. The first-order chi connectivity index (χ1) is 7.34. The minimum atomic E-state index is -0.676. The SMILES string of the molecule is CC(=N)/C(CC1(O)CCN(C)CC1)=C(/C)N. The largest absolute Gasteiger partial charge is 0.402 e. The Labute approximate surface area is 97.6 Å². The summed E-state index contributed by atoms with van der Waals surface area (Å²) in [6.07, 6.45) is 2.03. The number of hydrogen-bond donors (Lipinski definition) is 3. The van der Waals surface area contributed by atoms with Crippen LogP contribution in [0.3, 0.4) is 0 Å². The molecule has 0 aromatic rings. The Morgan fingerprint density at radius 3 is 2.25 bits per heavy atom. The van der Waals surface area contributed by atoms with Crippen LogP contribution in [0.2, 0.25) is 0 Å². The van der Waals surface area contributed by atoms with E-state index in [9.17, 15) is 5.11 Å². The highest BCUT2D eigenvalue weighted by Crippen LogP contribution is 2.29. The number of rotatable bonds is 3. The maximum absolute atomic E-state index is 10.4. The zero-order valence-electron chi connectivity index (χ0n) is 10.5. The second kappa shape index (κ2) is 4.97. The summed E-state index contributed by atoms with van der Waals surface area (Å²) in [7, 11) is 2.06. The molecule has 4 N–H and O–H groups in total. The average molecular weight is 225 g/mol. The number of hydrogen-bond acceptors (Lipinski definition) is 4. The molecule has 0 saturated carbocycles. The first-order valence-electron chi connectivity index (χ1n) is 5.76. The van der Waals surface area contributed by atoms with Crippen molar-refractivity contribution < 1.29 is 5.11 Å². The fourth-order valence-corrected chi connectivity index (χ4v) is 2.11. The molecule has 0 unspecified atom stereocenters. The highest BCUT2D eigenvalue weighted by Gasteiger charge is 2.32. The van der Waals surface area contributed by atoms with Crippen molar-refractivity contribution in [3.8, 4) is 0 Å². The normalized spacial score (nSPS) is 22.8. The highest BCUT2D eigenvalue weighted by molar-refractivity contribution is 5.96. The zero-order valence-corrected chi connectivity index (χ0v) is 10.5. The minimum absolute atomic E-state index is 0.465. The van der Waals surface area contributed by atoms with Crippen molar-refractivity contribution in [2.24, 2.45) is 5.73 Å². The van der Waals surface area contributed by atoms with Gasteiger partial charge in [0.1, 0.15) is 0 Å². The van der Waals surface area contributed by atoms with Crippen molar-refractivity contribution in [2.75, 3.05) is 20.1 Å². The van der Waals surface area contributed by atoms with Crippen molar-refractivity contribution in [2.45, 2.75) is 38.7 Å². The van der Waals surface area contributed by atoms with Gasteiger partial charge in [-0.3, -0.25) is 0 Å². The van der Waals surface area contributed by atoms with Gasteiger partial charge in [-0.15, -0.1) is 0 Å². The van der Waals surface area contributed by atoms with E-state index >= 15 is 0 Å². The van der Waals surface area contributed by atoms with Gasteiger partial charge < -0.3 is 21.1 Å². The molecular formula is C12H23N3O. The van der Waals surface area contributed by atoms with E-state index in [1.54, 1.807) is 13.8 Å². The maximum Gasteiger partial charge on any atom is 0.0713 e. The minimum Gasteiger partial charge on any atom is -0.402 e. The Hall–Kier alpha value is -0.870. The molecule has 0 spiro atoms. The first-order valence-corrected chi connectivity index (χ1v) is 5.76. The van der Waals surface area contributed by atoms with Gasteiger partial charge >= 0.3 is 0 Å². The Kier molecular flexibility index (Phi) is 4.10. The van der Waals surface area contributed by atoms with Crippen LogP contribution in [-0.4, -0.2) is 41.5 Å². The van der Waals surface area contributed by atoms with E-state index in [4.69, 9.17) is 11.1 Å². The van der Waals surface area contributed by atoms with Crippen molar-refractivity contribution in [3.05, 3.63) is 11.3 Å². The second-order valence-corrected chi connectivity index (χ2v) is 4.99. The van der Waals surface area contributed by atoms with E-state index in [1.165, 1.54) is 0 Å². The Balaban J connectivity index is 2.72. The van der Waals surface area contributed by atoms with Crippen LogP contribution in [0.15, 0.2) is 11.3 Å². The summed E-state index contributed by atoms with van der Waals surface area (Å²) in [6, 6.07) is 0. The smallest absolute Gasteiger partial charge is 0.0713 e. The number of piperidine rings is 1. The number of nitrogens with zero attached hydrogens (tertiary/aromatic N) is 1. The molecule has 0 aromatic heterocycles. The van der Waals surface area contributed by atoms with Crippen LogP contribution in [-0.2, 0) is 0 Å². The molecule has 4 heteroatoms. The number of likely N-dealkylation sites (tertiary alicyclic amines) is 1. The van der Waals surface area contributed by atoms with E-state index in [-0.39, 0.29) is 0 Å². The van der Waals surface area contributed by atoms with Crippen LogP contribution in [0, 0.1) is 5.41 Å². The van der Waals surface area contributed by atoms with Crippen LogP contribution in [0.5, 0.6) is 0 Å². The van der Waals surface area contributed by atoms with Gasteiger partial charge in [-0.1, -0.05) is 0 Å². The van der Waals surface area contributed by atoms with Crippen LogP contribution < -0.4 is 5.73 Å². The molecule has 0 aromatic carbocycles. The van der Waals surface area contributed by atoms with Crippen LogP contribution in [0.4, 0.5) is 0 Å². The summed E-state index contributed by atoms with van der Waals surface area (Å²) in [5.41, 5.74) is 7.00. The van der Waals surface area contributed by atoms with E-state index in [2.05, 4.69) is 11.9 Å².